The standard InChI is InChI=1S/C31H37N3O2/c1-24(2)26-16-18-27(19-17-26)36-22-21-34-29-14-9-8-13-28(29)33-30(34)15-7-4-10-20-32-31(35)23-25-11-5-3-6-12-25/h3,5-6,8-9,11-14,16-19,24H,4,7,10,15,20-23H2,1-2H3,(H,32,35). The van der Waals surface area contributed by atoms with E-state index in [-0.39, 0.29) is 5.91 Å². The van der Waals surface area contributed by atoms with Crippen molar-refractivity contribution in [3.8, 4) is 5.75 Å². The van der Waals surface area contributed by atoms with E-state index in [9.17, 15) is 4.79 Å². The molecular weight excluding hydrogens is 446 g/mol. The molecule has 5 nitrogen and oxygen atoms in total. The van der Waals surface area contributed by atoms with Gasteiger partial charge in [-0.25, -0.2) is 4.98 Å². The van der Waals surface area contributed by atoms with Crippen LogP contribution in [0.25, 0.3) is 11.0 Å². The summed E-state index contributed by atoms with van der Waals surface area (Å²) < 4.78 is 8.34. The number of hydrogen-bond donors (Lipinski definition) is 1. The van der Waals surface area contributed by atoms with Crippen molar-refractivity contribution in [3.05, 3.63) is 95.8 Å². The third kappa shape index (κ3) is 7.20. The Morgan fingerprint density at radius 2 is 1.67 bits per heavy atom. The molecule has 0 saturated carbocycles. The number of rotatable bonds is 13. The highest BCUT2D eigenvalue weighted by Gasteiger charge is 2.11. The summed E-state index contributed by atoms with van der Waals surface area (Å²) in [6.07, 6.45) is 4.41. The van der Waals surface area contributed by atoms with Crippen molar-refractivity contribution >= 4 is 16.9 Å². The quantitative estimate of drug-likeness (QED) is 0.227. The van der Waals surface area contributed by atoms with Gasteiger partial charge in [0.05, 0.1) is 24.0 Å². The van der Waals surface area contributed by atoms with E-state index in [0.29, 0.717) is 25.5 Å². The van der Waals surface area contributed by atoms with E-state index >= 15 is 0 Å². The Balaban J connectivity index is 1.24. The van der Waals surface area contributed by atoms with Gasteiger partial charge in [-0.15, -0.1) is 0 Å². The second-order valence-electron chi connectivity index (χ2n) is 9.56. The number of nitrogens with one attached hydrogen (secondary N) is 1. The van der Waals surface area contributed by atoms with Gasteiger partial charge >= 0.3 is 0 Å². The summed E-state index contributed by atoms with van der Waals surface area (Å²) in [4.78, 5) is 17.0. The monoisotopic (exact) mass is 483 g/mol. The average Bonchev–Trinajstić information content (AvgIpc) is 3.24. The lowest BCUT2D eigenvalue weighted by Crippen LogP contribution is -2.26. The van der Waals surface area contributed by atoms with Gasteiger partial charge in [-0.2, -0.15) is 0 Å². The Morgan fingerprint density at radius 3 is 2.44 bits per heavy atom. The molecule has 0 radical (unpaired) electrons. The van der Waals surface area contributed by atoms with Crippen LogP contribution in [-0.2, 0) is 24.2 Å². The number of aromatic nitrogens is 2. The zero-order valence-corrected chi connectivity index (χ0v) is 21.5. The van der Waals surface area contributed by atoms with Gasteiger partial charge in [-0.3, -0.25) is 4.79 Å². The molecule has 0 aliphatic heterocycles. The van der Waals surface area contributed by atoms with E-state index in [1.54, 1.807) is 0 Å². The minimum absolute atomic E-state index is 0.0850. The smallest absolute Gasteiger partial charge is 0.224 e. The summed E-state index contributed by atoms with van der Waals surface area (Å²) in [5, 5.41) is 3.04. The number of ether oxygens (including phenoxy) is 1. The average molecular weight is 484 g/mol. The normalized spacial score (nSPS) is 11.2. The maximum absolute atomic E-state index is 12.1. The number of fused-ring (bicyclic) bond motifs is 1. The molecule has 36 heavy (non-hydrogen) atoms. The van der Waals surface area contributed by atoms with E-state index in [1.165, 1.54) is 5.56 Å². The van der Waals surface area contributed by atoms with Crippen LogP contribution >= 0.6 is 0 Å². The lowest BCUT2D eigenvalue weighted by molar-refractivity contribution is -0.120. The van der Waals surface area contributed by atoms with Crippen LogP contribution in [0.1, 0.15) is 56.0 Å². The van der Waals surface area contributed by atoms with E-state index in [0.717, 1.165) is 60.4 Å². The summed E-state index contributed by atoms with van der Waals surface area (Å²) in [6.45, 7) is 6.47. The SMILES string of the molecule is CC(C)c1ccc(OCCn2c(CCCCCNC(=O)Cc3ccccc3)nc3ccccc32)cc1. The molecule has 3 aromatic carbocycles. The molecule has 0 saturated heterocycles. The number of nitrogens with zero attached hydrogens (tertiary/aromatic N) is 2. The van der Waals surface area contributed by atoms with E-state index in [4.69, 9.17) is 9.72 Å². The molecule has 4 rings (SSSR count). The van der Waals surface area contributed by atoms with Crippen LogP contribution in [0, 0.1) is 0 Å². The van der Waals surface area contributed by atoms with Gasteiger partial charge in [0, 0.05) is 13.0 Å². The number of carbonyl (C=O) groups excluding carboxylic acids is 1. The van der Waals surface area contributed by atoms with Crippen LogP contribution in [0.5, 0.6) is 5.75 Å². The predicted octanol–water partition coefficient (Wildman–Crippen LogP) is 6.31. The topological polar surface area (TPSA) is 56.1 Å². The Morgan fingerprint density at radius 1 is 0.917 bits per heavy atom. The lowest BCUT2D eigenvalue weighted by Gasteiger charge is -2.12. The molecule has 188 valence electrons. The largest absolute Gasteiger partial charge is 0.492 e. The van der Waals surface area contributed by atoms with E-state index in [2.05, 4.69) is 66.2 Å². The Kier molecular flexibility index (Phi) is 9.15. The molecule has 0 atom stereocenters. The zero-order chi connectivity index (χ0) is 25.2. The first-order chi connectivity index (χ1) is 17.6. The van der Waals surface area contributed by atoms with Crippen molar-refractivity contribution in [3.63, 3.8) is 0 Å². The Hall–Kier alpha value is -3.60. The molecule has 0 unspecified atom stereocenters. The number of aryl methyl sites for hydroxylation is 1. The van der Waals surface area contributed by atoms with Crippen molar-refractivity contribution < 1.29 is 9.53 Å². The minimum Gasteiger partial charge on any atom is -0.492 e. The van der Waals surface area contributed by atoms with Crippen LogP contribution in [-0.4, -0.2) is 28.6 Å². The van der Waals surface area contributed by atoms with Crippen molar-refractivity contribution in [2.75, 3.05) is 13.2 Å². The van der Waals surface area contributed by atoms with Gasteiger partial charge in [0.15, 0.2) is 0 Å². The molecule has 0 spiro atoms. The summed E-state index contributed by atoms with van der Waals surface area (Å²) in [5.41, 5.74) is 4.55. The zero-order valence-electron chi connectivity index (χ0n) is 21.5. The molecule has 1 aromatic heterocycles. The van der Waals surface area contributed by atoms with Crippen molar-refractivity contribution in [2.24, 2.45) is 0 Å². The predicted molar refractivity (Wildman–Crippen MR) is 146 cm³/mol. The first-order valence-corrected chi connectivity index (χ1v) is 13.1. The second-order valence-corrected chi connectivity index (χ2v) is 9.56. The summed E-state index contributed by atoms with van der Waals surface area (Å²) in [5.74, 6) is 2.61. The first kappa shape index (κ1) is 25.5. The van der Waals surface area contributed by atoms with Gasteiger partial charge in [-0.1, -0.05) is 74.9 Å². The number of hydrogen-bond acceptors (Lipinski definition) is 3. The molecule has 0 aliphatic carbocycles. The van der Waals surface area contributed by atoms with Crippen LogP contribution in [0.4, 0.5) is 0 Å². The van der Waals surface area contributed by atoms with Crippen molar-refractivity contribution in [1.29, 1.82) is 0 Å². The van der Waals surface area contributed by atoms with Crippen molar-refractivity contribution in [2.45, 2.75) is 58.4 Å². The molecule has 0 bridgehead atoms. The van der Waals surface area contributed by atoms with Crippen LogP contribution < -0.4 is 10.1 Å². The number of para-hydroxylation sites is 2. The molecule has 0 fully saturated rings. The number of benzene rings is 3. The fourth-order valence-electron chi connectivity index (χ4n) is 4.43. The molecule has 1 heterocycles. The van der Waals surface area contributed by atoms with Gasteiger partial charge in [0.1, 0.15) is 18.2 Å². The summed E-state index contributed by atoms with van der Waals surface area (Å²) in [7, 11) is 0. The van der Waals surface area contributed by atoms with Crippen LogP contribution in [0.2, 0.25) is 0 Å². The molecule has 1 N–H and O–H groups in total. The highest BCUT2D eigenvalue weighted by Crippen LogP contribution is 2.20. The highest BCUT2D eigenvalue weighted by molar-refractivity contribution is 5.78. The van der Waals surface area contributed by atoms with Gasteiger partial charge in [-0.05, 0) is 54.2 Å². The van der Waals surface area contributed by atoms with Crippen LogP contribution in [0.3, 0.4) is 0 Å². The third-order valence-corrected chi connectivity index (χ3v) is 6.47. The number of unbranched alkanes of at least 4 members (excludes halogenated alkanes) is 2. The molecular formula is C31H37N3O2. The minimum atomic E-state index is 0.0850. The van der Waals surface area contributed by atoms with Gasteiger partial charge < -0.3 is 14.6 Å². The molecule has 5 heteroatoms. The maximum Gasteiger partial charge on any atom is 0.224 e. The number of amides is 1. The van der Waals surface area contributed by atoms with Crippen molar-refractivity contribution in [1.82, 2.24) is 14.9 Å². The third-order valence-electron chi connectivity index (χ3n) is 6.47. The van der Waals surface area contributed by atoms with E-state index in [1.807, 2.05) is 36.4 Å². The number of imidazole rings is 1. The summed E-state index contributed by atoms with van der Waals surface area (Å²) >= 11 is 0. The lowest BCUT2D eigenvalue weighted by atomic mass is 10.0. The van der Waals surface area contributed by atoms with Crippen LogP contribution in [0.15, 0.2) is 78.9 Å². The molecule has 1 amide bonds. The molecule has 4 aromatic rings. The first-order valence-electron chi connectivity index (χ1n) is 13.1. The van der Waals surface area contributed by atoms with Gasteiger partial charge in [0.25, 0.3) is 0 Å². The van der Waals surface area contributed by atoms with E-state index < -0.39 is 0 Å². The van der Waals surface area contributed by atoms with Gasteiger partial charge in [0.2, 0.25) is 5.91 Å². The molecule has 0 aliphatic rings. The second kappa shape index (κ2) is 12.9. The fraction of sp³-hybridized carbons (Fsp3) is 0.355. The fourth-order valence-corrected chi connectivity index (χ4v) is 4.43. The highest BCUT2D eigenvalue weighted by atomic mass is 16.5. The Bertz CT molecular complexity index is 1230. The Labute approximate surface area is 214 Å². The maximum atomic E-state index is 12.1. The number of carbonyl (C=O) groups is 1. The summed E-state index contributed by atoms with van der Waals surface area (Å²) in [6, 6.07) is 26.6.